The Morgan fingerprint density at radius 2 is 0.543 bits per heavy atom. The van der Waals surface area contributed by atoms with Gasteiger partial charge in [0.15, 0.2) is 18.6 Å². The van der Waals surface area contributed by atoms with Crippen LogP contribution in [0.25, 0.3) is 101 Å². The van der Waals surface area contributed by atoms with E-state index in [0.29, 0.717) is 0 Å². The minimum absolute atomic E-state index is 0.100. The number of halogens is 1. The van der Waals surface area contributed by atoms with E-state index in [-0.39, 0.29) is 22.1 Å². The lowest BCUT2D eigenvalue weighted by molar-refractivity contribution is -0.660. The molecule has 0 unspecified atom stereocenters. The highest BCUT2D eigenvalue weighted by Gasteiger charge is 2.41. The molecule has 6 aromatic heterocycles. The fourth-order valence-corrected chi connectivity index (χ4v) is 15.1. The lowest BCUT2D eigenvalue weighted by Crippen LogP contribution is -2.31. The van der Waals surface area contributed by atoms with Crippen molar-refractivity contribution in [2.75, 3.05) is 0 Å². The Bertz CT molecular complexity index is 4840. The molecular weight excluding hydrogens is 1150 g/mol. The predicted octanol–water partition coefficient (Wildman–Crippen LogP) is 19.6. The smallest absolute Gasteiger partial charge is 0.212 e. The quantitative estimate of drug-likeness (QED) is 0.156. The molecule has 0 amide bonds. The van der Waals surface area contributed by atoms with Gasteiger partial charge in [0.1, 0.15) is 27.0 Å². The third-order valence-corrected chi connectivity index (χ3v) is 20.5. The Morgan fingerprint density at radius 1 is 0.277 bits per heavy atom. The molecule has 0 atom stereocenters. The first-order chi connectivity index (χ1) is 44.7. The van der Waals surface area contributed by atoms with Crippen molar-refractivity contribution in [3.8, 4) is 101 Å². The fourth-order valence-electron chi connectivity index (χ4n) is 15.1. The number of benzene rings is 6. The van der Waals surface area contributed by atoms with Crippen molar-refractivity contribution in [3.63, 3.8) is 0 Å². The molecule has 0 radical (unpaired) electrons. The van der Waals surface area contributed by atoms with E-state index < -0.39 is 0 Å². The molecule has 0 fully saturated rings. The maximum Gasteiger partial charge on any atom is 0.212 e. The SMILES string of the molecule is Cc1ccc2c(n1)C(C)(C)c1cc(-c3cc(C)c(-c4ccc(F)cc4)c[n+]3C)c(C)cc1-2.Cc1ccc2c(n1)C(C)(C)c1cc(-c3cc(C)c(-c4ccccc4)c[n+]3C)c(C)cc1-2.Cc1ccc2c(n1)C(C)(C)c1cc(-c3cc(C)c(-c4ccccc4)c[n+]3C)c(C)cc1-2. The number of rotatable bonds is 6. The third-order valence-electron chi connectivity index (χ3n) is 20.5. The van der Waals surface area contributed by atoms with E-state index in [2.05, 4.69) is 309 Å². The van der Waals surface area contributed by atoms with Gasteiger partial charge in [0.05, 0.1) is 17.1 Å². The van der Waals surface area contributed by atoms with Crippen LogP contribution in [-0.2, 0) is 37.4 Å². The van der Waals surface area contributed by atoms with Crippen LogP contribution >= 0.6 is 0 Å². The highest BCUT2D eigenvalue weighted by Crippen LogP contribution is 2.53. The Morgan fingerprint density at radius 3 is 0.830 bits per heavy atom. The molecule has 0 spiro atoms. The summed E-state index contributed by atoms with van der Waals surface area (Å²) in [5, 5.41) is 0. The van der Waals surface area contributed by atoms with Crippen molar-refractivity contribution < 1.29 is 18.1 Å². The molecule has 7 heteroatoms. The standard InChI is InChI=1S/C29H28FN2.2C29H29N2/c1-17-13-24-22-12-7-19(3)31-28(22)29(4,5)26(24)15-23(17)27-14-18(2)25(16-32(27)6)20-8-10-21(30)11-9-20;2*1-18-14-24-22-13-12-20(3)30-28(22)29(4,5)26(24)16-23(18)27-15-19(2)25(17-31(27)6)21-10-8-7-9-11-21/h7-16H,1-6H3;2*7-17H,1-6H3/q3*+1. The number of aromatic nitrogens is 6. The number of hydrogen-bond acceptors (Lipinski definition) is 3. The molecule has 0 saturated heterocycles. The second kappa shape index (κ2) is 23.6. The normalized spacial score (nSPS) is 13.7. The van der Waals surface area contributed by atoms with Crippen molar-refractivity contribution in [2.45, 2.75) is 120 Å². The van der Waals surface area contributed by atoms with Crippen LogP contribution in [0.5, 0.6) is 0 Å². The van der Waals surface area contributed by atoms with Crippen LogP contribution in [0.1, 0.15) is 126 Å². The molecule has 15 rings (SSSR count). The first-order valence-corrected chi connectivity index (χ1v) is 33.0. The van der Waals surface area contributed by atoms with Crippen LogP contribution in [0, 0.1) is 68.1 Å². The van der Waals surface area contributed by atoms with Gasteiger partial charge in [-0.15, -0.1) is 0 Å². The molecular formula is C87H86FN6+3. The van der Waals surface area contributed by atoms with Crippen LogP contribution in [0.3, 0.4) is 0 Å². The number of pyridine rings is 6. The molecule has 0 saturated carbocycles. The first kappa shape index (κ1) is 62.9. The van der Waals surface area contributed by atoms with Crippen molar-refractivity contribution in [2.24, 2.45) is 21.1 Å². The molecule has 0 bridgehead atoms. The van der Waals surface area contributed by atoms with Gasteiger partial charge < -0.3 is 0 Å². The molecule has 94 heavy (non-hydrogen) atoms. The number of fused-ring (bicyclic) bond motifs is 9. The molecule has 6 nitrogen and oxygen atoms in total. The largest absolute Gasteiger partial charge is 0.257 e. The Hall–Kier alpha value is -9.85. The van der Waals surface area contributed by atoms with Crippen molar-refractivity contribution >= 4 is 0 Å². The highest BCUT2D eigenvalue weighted by molar-refractivity contribution is 5.87. The average molecular weight is 1230 g/mol. The van der Waals surface area contributed by atoms with E-state index in [1.807, 2.05) is 12.1 Å². The third kappa shape index (κ3) is 10.9. The summed E-state index contributed by atoms with van der Waals surface area (Å²) in [6.45, 7) is 33.1. The summed E-state index contributed by atoms with van der Waals surface area (Å²) >= 11 is 0. The highest BCUT2D eigenvalue weighted by atomic mass is 19.1. The lowest BCUT2D eigenvalue weighted by atomic mass is 9.83. The maximum atomic E-state index is 13.4. The fraction of sp³-hybridized carbons (Fsp3) is 0.241. The second-order valence-corrected chi connectivity index (χ2v) is 28.4. The summed E-state index contributed by atoms with van der Waals surface area (Å²) in [6, 6.07) is 62.1. The van der Waals surface area contributed by atoms with Crippen LogP contribution in [0.4, 0.5) is 4.39 Å². The minimum atomic E-state index is -0.213. The number of hydrogen-bond donors (Lipinski definition) is 0. The minimum Gasteiger partial charge on any atom is -0.257 e. The first-order valence-electron chi connectivity index (χ1n) is 33.0. The molecule has 12 aromatic rings. The van der Waals surface area contributed by atoms with Gasteiger partial charge in [-0.25, -0.2) is 18.1 Å². The zero-order chi connectivity index (χ0) is 66.6. The molecule has 3 aliphatic carbocycles. The van der Waals surface area contributed by atoms with Crippen molar-refractivity contribution in [1.29, 1.82) is 0 Å². The molecule has 6 heterocycles. The Kier molecular flexibility index (Phi) is 15.8. The topological polar surface area (TPSA) is 50.3 Å². The van der Waals surface area contributed by atoms with E-state index in [1.54, 1.807) is 0 Å². The Labute approximate surface area is 556 Å². The van der Waals surface area contributed by atoms with Crippen LogP contribution in [-0.4, -0.2) is 15.0 Å². The van der Waals surface area contributed by atoms with Gasteiger partial charge in [0.25, 0.3) is 0 Å². The van der Waals surface area contributed by atoms with E-state index in [0.717, 1.165) is 33.9 Å². The van der Waals surface area contributed by atoms with Crippen LogP contribution in [0.15, 0.2) is 195 Å². The molecule has 0 N–H and O–H groups in total. The van der Waals surface area contributed by atoms with E-state index in [1.165, 1.54) is 163 Å². The van der Waals surface area contributed by atoms with Crippen LogP contribution in [0.2, 0.25) is 0 Å². The van der Waals surface area contributed by atoms with Gasteiger partial charge in [0, 0.05) is 102 Å². The van der Waals surface area contributed by atoms with Gasteiger partial charge in [0.2, 0.25) is 17.1 Å². The monoisotopic (exact) mass is 1230 g/mol. The maximum absolute atomic E-state index is 13.4. The van der Waals surface area contributed by atoms with Gasteiger partial charge in [-0.3, -0.25) is 15.0 Å². The van der Waals surface area contributed by atoms with E-state index in [9.17, 15) is 4.39 Å². The zero-order valence-electron chi connectivity index (χ0n) is 58.0. The van der Waals surface area contributed by atoms with Gasteiger partial charge in [-0.1, -0.05) is 151 Å². The average Bonchev–Trinajstić information content (AvgIpc) is 1.58. The van der Waals surface area contributed by atoms with Gasteiger partial charge in [-0.05, 0) is 194 Å². The molecule has 3 aliphatic rings. The molecule has 6 aromatic carbocycles. The summed E-state index contributed by atoms with van der Waals surface area (Å²) in [5.74, 6) is -0.213. The molecule has 468 valence electrons. The summed E-state index contributed by atoms with van der Waals surface area (Å²) < 4.78 is 20.1. The van der Waals surface area contributed by atoms with Crippen LogP contribution < -0.4 is 13.7 Å². The second-order valence-electron chi connectivity index (χ2n) is 28.4. The molecule has 0 aliphatic heterocycles. The van der Waals surface area contributed by atoms with Gasteiger partial charge in [-0.2, -0.15) is 0 Å². The summed E-state index contributed by atoms with van der Waals surface area (Å²) in [4.78, 5) is 14.8. The summed E-state index contributed by atoms with van der Waals surface area (Å²) in [7, 11) is 6.39. The number of aryl methyl sites for hydroxylation is 12. The Balaban J connectivity index is 0.000000128. The number of nitrogens with zero attached hydrogens (tertiary/aromatic N) is 6. The summed E-state index contributed by atoms with van der Waals surface area (Å²) in [5.41, 5.74) is 40.5. The summed E-state index contributed by atoms with van der Waals surface area (Å²) in [6.07, 6.45) is 6.67. The zero-order valence-corrected chi connectivity index (χ0v) is 58.0. The van der Waals surface area contributed by atoms with Gasteiger partial charge >= 0.3 is 0 Å². The van der Waals surface area contributed by atoms with E-state index >= 15 is 0 Å². The van der Waals surface area contributed by atoms with E-state index in [4.69, 9.17) is 15.0 Å². The van der Waals surface area contributed by atoms with Crippen molar-refractivity contribution in [3.05, 3.63) is 285 Å². The lowest BCUT2D eigenvalue weighted by Gasteiger charge is -2.21. The van der Waals surface area contributed by atoms with Crippen molar-refractivity contribution in [1.82, 2.24) is 15.0 Å². The predicted molar refractivity (Wildman–Crippen MR) is 384 cm³/mol.